The Labute approximate surface area is 89.3 Å². The van der Waals surface area contributed by atoms with E-state index in [1.165, 1.54) is 6.42 Å². The fourth-order valence-electron chi connectivity index (χ4n) is 1.07. The monoisotopic (exact) mass is 214 g/mol. The van der Waals surface area contributed by atoms with E-state index in [0.29, 0.717) is 11.3 Å². The number of nitrogens with one attached hydrogen (secondary N) is 2. The molecule has 4 nitrogen and oxygen atoms in total. The van der Waals surface area contributed by atoms with Gasteiger partial charge in [-0.05, 0) is 19.9 Å². The van der Waals surface area contributed by atoms with Crippen LogP contribution in [0.5, 0.6) is 0 Å². The van der Waals surface area contributed by atoms with E-state index in [1.54, 1.807) is 18.1 Å². The van der Waals surface area contributed by atoms with Crippen molar-refractivity contribution in [1.29, 1.82) is 0 Å². The van der Waals surface area contributed by atoms with Crippen molar-refractivity contribution in [1.82, 2.24) is 20.5 Å². The highest BCUT2D eigenvalue weighted by atomic mass is 32.2. The fourth-order valence-corrected chi connectivity index (χ4v) is 1.93. The van der Waals surface area contributed by atoms with E-state index >= 15 is 0 Å². The zero-order valence-electron chi connectivity index (χ0n) is 8.95. The molecular formula is C9H18N4S. The number of aromatic amines is 1. The van der Waals surface area contributed by atoms with Crippen molar-refractivity contribution in [2.45, 2.75) is 43.6 Å². The number of thioether (sulfide) groups is 1. The number of aromatic nitrogens is 3. The van der Waals surface area contributed by atoms with Crippen LogP contribution in [0.3, 0.4) is 0 Å². The van der Waals surface area contributed by atoms with E-state index in [0.717, 1.165) is 11.7 Å². The highest BCUT2D eigenvalue weighted by Gasteiger charge is 2.13. The molecule has 5 heteroatoms. The Hall–Kier alpha value is -0.550. The first-order valence-corrected chi connectivity index (χ1v) is 5.87. The Balaban J connectivity index is 2.30. The molecule has 0 aliphatic carbocycles. The van der Waals surface area contributed by atoms with Gasteiger partial charge in [-0.25, -0.2) is 4.98 Å². The molecule has 0 spiro atoms. The highest BCUT2D eigenvalue weighted by molar-refractivity contribution is 7.99. The SMILES string of the molecule is CCCNC(C)C(C)Sc1ncn[nH]1. The number of rotatable bonds is 6. The molecule has 2 atom stereocenters. The third kappa shape index (κ3) is 3.67. The average molecular weight is 214 g/mol. The minimum atomic E-state index is 0.491. The molecule has 0 aliphatic heterocycles. The van der Waals surface area contributed by atoms with E-state index in [4.69, 9.17) is 0 Å². The summed E-state index contributed by atoms with van der Waals surface area (Å²) in [5.74, 6) is 0. The average Bonchev–Trinajstić information content (AvgIpc) is 2.66. The molecule has 1 aromatic heterocycles. The van der Waals surface area contributed by atoms with Gasteiger partial charge in [0.2, 0.25) is 0 Å². The molecule has 1 heterocycles. The molecule has 0 aromatic carbocycles. The number of nitrogens with zero attached hydrogens (tertiary/aromatic N) is 2. The van der Waals surface area contributed by atoms with E-state index in [2.05, 4.69) is 41.3 Å². The quantitative estimate of drug-likeness (QED) is 0.707. The van der Waals surface area contributed by atoms with Crippen LogP contribution in [0.25, 0.3) is 0 Å². The van der Waals surface area contributed by atoms with E-state index in [1.807, 2.05) is 0 Å². The highest BCUT2D eigenvalue weighted by Crippen LogP contribution is 2.20. The maximum Gasteiger partial charge on any atom is 0.183 e. The van der Waals surface area contributed by atoms with Gasteiger partial charge in [-0.15, -0.1) is 0 Å². The molecule has 1 rings (SSSR count). The molecule has 0 fully saturated rings. The van der Waals surface area contributed by atoms with Gasteiger partial charge in [0, 0.05) is 11.3 Å². The minimum Gasteiger partial charge on any atom is -0.313 e. The lowest BCUT2D eigenvalue weighted by molar-refractivity contribution is 0.541. The van der Waals surface area contributed by atoms with Crippen LogP contribution in [0.15, 0.2) is 11.5 Å². The Morgan fingerprint density at radius 1 is 1.57 bits per heavy atom. The summed E-state index contributed by atoms with van der Waals surface area (Å²) in [4.78, 5) is 4.09. The molecule has 2 N–H and O–H groups in total. The van der Waals surface area contributed by atoms with Gasteiger partial charge < -0.3 is 5.32 Å². The van der Waals surface area contributed by atoms with Crippen LogP contribution in [-0.2, 0) is 0 Å². The summed E-state index contributed by atoms with van der Waals surface area (Å²) in [6, 6.07) is 0.491. The molecular weight excluding hydrogens is 196 g/mol. The summed E-state index contributed by atoms with van der Waals surface area (Å²) in [6.45, 7) is 7.64. The first-order chi connectivity index (χ1) is 6.74. The number of hydrogen-bond acceptors (Lipinski definition) is 4. The molecule has 0 bridgehead atoms. The first kappa shape index (κ1) is 11.5. The minimum absolute atomic E-state index is 0.491. The van der Waals surface area contributed by atoms with Gasteiger partial charge in [-0.2, -0.15) is 5.10 Å². The summed E-state index contributed by atoms with van der Waals surface area (Å²) >= 11 is 1.72. The van der Waals surface area contributed by atoms with Gasteiger partial charge in [0.1, 0.15) is 6.33 Å². The predicted octanol–water partition coefficient (Wildman–Crippen LogP) is 1.67. The van der Waals surface area contributed by atoms with Gasteiger partial charge >= 0.3 is 0 Å². The van der Waals surface area contributed by atoms with Crippen molar-refractivity contribution in [3.63, 3.8) is 0 Å². The lowest BCUT2D eigenvalue weighted by Crippen LogP contribution is -2.34. The normalized spacial score (nSPS) is 15.4. The summed E-state index contributed by atoms with van der Waals surface area (Å²) in [7, 11) is 0. The van der Waals surface area contributed by atoms with Crippen molar-refractivity contribution in [2.24, 2.45) is 0 Å². The summed E-state index contributed by atoms with van der Waals surface area (Å²) in [5.41, 5.74) is 0. The summed E-state index contributed by atoms with van der Waals surface area (Å²) < 4.78 is 0. The third-order valence-electron chi connectivity index (χ3n) is 2.11. The van der Waals surface area contributed by atoms with Crippen LogP contribution in [0.4, 0.5) is 0 Å². The molecule has 0 aliphatic rings. The van der Waals surface area contributed by atoms with Crippen molar-refractivity contribution in [3.8, 4) is 0 Å². The van der Waals surface area contributed by atoms with Gasteiger partial charge in [-0.3, -0.25) is 5.10 Å². The van der Waals surface area contributed by atoms with Gasteiger partial charge in [-0.1, -0.05) is 25.6 Å². The maximum absolute atomic E-state index is 4.09. The standard InChI is InChI=1S/C9H18N4S/c1-4-5-10-7(2)8(3)14-9-11-6-12-13-9/h6-8,10H,4-5H2,1-3H3,(H,11,12,13). The Bertz CT molecular complexity index is 237. The molecule has 0 saturated heterocycles. The van der Waals surface area contributed by atoms with Crippen LogP contribution in [0.1, 0.15) is 27.2 Å². The zero-order chi connectivity index (χ0) is 10.4. The van der Waals surface area contributed by atoms with Crippen molar-refractivity contribution in [3.05, 3.63) is 6.33 Å². The molecule has 1 aromatic rings. The van der Waals surface area contributed by atoms with Gasteiger partial charge in [0.25, 0.3) is 0 Å². The lowest BCUT2D eigenvalue weighted by atomic mass is 10.2. The molecule has 14 heavy (non-hydrogen) atoms. The molecule has 80 valence electrons. The smallest absolute Gasteiger partial charge is 0.183 e. The van der Waals surface area contributed by atoms with Crippen LogP contribution >= 0.6 is 11.8 Å². The summed E-state index contributed by atoms with van der Waals surface area (Å²) in [6.07, 6.45) is 2.71. The van der Waals surface area contributed by atoms with Crippen LogP contribution < -0.4 is 5.32 Å². The molecule has 0 amide bonds. The molecule has 2 unspecified atom stereocenters. The Morgan fingerprint density at radius 3 is 2.93 bits per heavy atom. The zero-order valence-corrected chi connectivity index (χ0v) is 9.77. The van der Waals surface area contributed by atoms with Crippen molar-refractivity contribution >= 4 is 11.8 Å². The maximum atomic E-state index is 4.09. The Morgan fingerprint density at radius 2 is 2.36 bits per heavy atom. The van der Waals surface area contributed by atoms with Crippen LogP contribution in [0, 0.1) is 0 Å². The van der Waals surface area contributed by atoms with Gasteiger partial charge in [0.15, 0.2) is 5.16 Å². The van der Waals surface area contributed by atoms with Crippen molar-refractivity contribution < 1.29 is 0 Å². The molecule has 0 radical (unpaired) electrons. The third-order valence-corrected chi connectivity index (χ3v) is 3.31. The van der Waals surface area contributed by atoms with E-state index in [-0.39, 0.29) is 0 Å². The van der Waals surface area contributed by atoms with E-state index in [9.17, 15) is 0 Å². The second-order valence-electron chi connectivity index (χ2n) is 3.36. The van der Waals surface area contributed by atoms with E-state index < -0.39 is 0 Å². The summed E-state index contributed by atoms with van der Waals surface area (Å²) in [5, 5.41) is 11.5. The lowest BCUT2D eigenvalue weighted by Gasteiger charge is -2.19. The predicted molar refractivity (Wildman–Crippen MR) is 59.5 cm³/mol. The van der Waals surface area contributed by atoms with Gasteiger partial charge in [0.05, 0.1) is 0 Å². The fraction of sp³-hybridized carbons (Fsp3) is 0.778. The Kier molecular flexibility index (Phi) is 4.97. The van der Waals surface area contributed by atoms with Crippen LogP contribution in [-0.4, -0.2) is 33.0 Å². The molecule has 0 saturated carbocycles. The topological polar surface area (TPSA) is 53.6 Å². The number of hydrogen-bond donors (Lipinski definition) is 2. The second-order valence-corrected chi connectivity index (χ2v) is 4.72. The van der Waals surface area contributed by atoms with Crippen LogP contribution in [0.2, 0.25) is 0 Å². The second kappa shape index (κ2) is 6.03. The number of H-pyrrole nitrogens is 1. The van der Waals surface area contributed by atoms with Crippen molar-refractivity contribution in [2.75, 3.05) is 6.54 Å². The first-order valence-electron chi connectivity index (χ1n) is 4.99. The largest absolute Gasteiger partial charge is 0.313 e.